The maximum atomic E-state index is 5.88. The van der Waals surface area contributed by atoms with Crippen molar-refractivity contribution in [3.63, 3.8) is 0 Å². The van der Waals surface area contributed by atoms with Crippen LogP contribution in [-0.2, 0) is 11.3 Å². The largest absolute Gasteiger partial charge is 0.374 e. The molecule has 0 aliphatic carbocycles. The van der Waals surface area contributed by atoms with Gasteiger partial charge >= 0.3 is 0 Å². The fraction of sp³-hybridized carbons (Fsp3) is 0.588. The van der Waals surface area contributed by atoms with Crippen LogP contribution in [0.2, 0.25) is 0 Å². The number of hydrogen-bond acceptors (Lipinski definition) is 4. The lowest BCUT2D eigenvalue weighted by molar-refractivity contribution is 0.0174. The summed E-state index contributed by atoms with van der Waals surface area (Å²) in [5, 5.41) is 3.57. The molecule has 0 unspecified atom stereocenters. The normalized spacial score (nSPS) is 23.8. The van der Waals surface area contributed by atoms with Gasteiger partial charge in [-0.15, -0.1) is 24.8 Å². The highest BCUT2D eigenvalue weighted by Gasteiger charge is 2.35. The lowest BCUT2D eigenvalue weighted by Crippen LogP contribution is -2.47. The van der Waals surface area contributed by atoms with Gasteiger partial charge in [0.25, 0.3) is 0 Å². The molecule has 1 N–H and O–H groups in total. The second kappa shape index (κ2) is 8.02. The van der Waals surface area contributed by atoms with E-state index in [9.17, 15) is 0 Å². The van der Waals surface area contributed by atoms with Gasteiger partial charge in [-0.05, 0) is 26.0 Å². The Hall–Kier alpha value is -0.850. The summed E-state index contributed by atoms with van der Waals surface area (Å²) in [6.45, 7) is 9.20. The van der Waals surface area contributed by atoms with Gasteiger partial charge in [-0.2, -0.15) is 0 Å². The molecule has 134 valence electrons. The van der Waals surface area contributed by atoms with Crippen LogP contribution in [-0.4, -0.2) is 52.8 Å². The van der Waals surface area contributed by atoms with E-state index >= 15 is 0 Å². The van der Waals surface area contributed by atoms with E-state index in [4.69, 9.17) is 9.72 Å². The third kappa shape index (κ3) is 3.55. The highest BCUT2D eigenvalue weighted by molar-refractivity contribution is 5.85. The summed E-state index contributed by atoms with van der Waals surface area (Å²) in [5.41, 5.74) is 2.33. The van der Waals surface area contributed by atoms with Gasteiger partial charge in [-0.1, -0.05) is 12.1 Å². The number of halogens is 2. The molecule has 0 bridgehead atoms. The topological polar surface area (TPSA) is 42.3 Å². The van der Waals surface area contributed by atoms with Gasteiger partial charge in [0.1, 0.15) is 5.82 Å². The zero-order valence-electron chi connectivity index (χ0n) is 14.1. The number of para-hydroxylation sites is 2. The summed E-state index contributed by atoms with van der Waals surface area (Å²) in [6.07, 6.45) is 0.339. The molecule has 2 aliphatic rings. The highest BCUT2D eigenvalue weighted by Crippen LogP contribution is 2.24. The number of nitrogens with one attached hydrogen (secondary N) is 1. The second-order valence-corrected chi connectivity index (χ2v) is 6.64. The van der Waals surface area contributed by atoms with Crippen LogP contribution in [0.15, 0.2) is 24.3 Å². The number of fused-ring (bicyclic) bond motifs is 2. The number of ether oxygens (including phenoxy) is 1. The van der Waals surface area contributed by atoms with Gasteiger partial charge in [0.05, 0.1) is 30.3 Å². The van der Waals surface area contributed by atoms with E-state index in [0.29, 0.717) is 18.2 Å². The molecule has 0 spiro atoms. The van der Waals surface area contributed by atoms with Gasteiger partial charge in [0.15, 0.2) is 0 Å². The molecule has 7 heteroatoms. The number of imidazole rings is 1. The zero-order valence-corrected chi connectivity index (χ0v) is 15.8. The first-order valence-electron chi connectivity index (χ1n) is 8.25. The first-order chi connectivity index (χ1) is 10.7. The summed E-state index contributed by atoms with van der Waals surface area (Å²) < 4.78 is 8.24. The van der Waals surface area contributed by atoms with Crippen molar-refractivity contribution in [2.75, 3.05) is 26.2 Å². The van der Waals surface area contributed by atoms with Crippen molar-refractivity contribution in [1.82, 2.24) is 19.8 Å². The van der Waals surface area contributed by atoms with Gasteiger partial charge in [-0.25, -0.2) is 4.98 Å². The van der Waals surface area contributed by atoms with E-state index < -0.39 is 0 Å². The fourth-order valence-electron chi connectivity index (χ4n) is 3.78. The van der Waals surface area contributed by atoms with Crippen molar-refractivity contribution >= 4 is 35.8 Å². The molecule has 2 atom stereocenters. The van der Waals surface area contributed by atoms with Crippen LogP contribution in [0.4, 0.5) is 0 Å². The Bertz CT molecular complexity index is 662. The Morgan fingerprint density at radius 1 is 1.25 bits per heavy atom. The first-order valence-corrected chi connectivity index (χ1v) is 8.25. The molecule has 4 rings (SSSR count). The number of aromatic nitrogens is 2. The minimum absolute atomic E-state index is 0. The van der Waals surface area contributed by atoms with Gasteiger partial charge < -0.3 is 14.6 Å². The average Bonchev–Trinajstić information content (AvgIpc) is 3.06. The van der Waals surface area contributed by atoms with Crippen molar-refractivity contribution in [2.45, 2.75) is 38.6 Å². The molecule has 2 saturated heterocycles. The van der Waals surface area contributed by atoms with E-state index in [1.54, 1.807) is 0 Å². The monoisotopic (exact) mass is 372 g/mol. The maximum absolute atomic E-state index is 5.88. The van der Waals surface area contributed by atoms with Crippen molar-refractivity contribution in [1.29, 1.82) is 0 Å². The van der Waals surface area contributed by atoms with Gasteiger partial charge in [0, 0.05) is 31.7 Å². The van der Waals surface area contributed by atoms with Crippen LogP contribution in [0.25, 0.3) is 11.0 Å². The average molecular weight is 373 g/mol. The van der Waals surface area contributed by atoms with Crippen LogP contribution >= 0.6 is 24.8 Å². The smallest absolute Gasteiger partial charge is 0.124 e. The number of rotatable bonds is 3. The minimum atomic E-state index is 0. The van der Waals surface area contributed by atoms with Crippen LogP contribution in [0.5, 0.6) is 0 Å². The molecule has 2 aliphatic heterocycles. The maximum Gasteiger partial charge on any atom is 0.124 e. The fourth-order valence-corrected chi connectivity index (χ4v) is 3.78. The summed E-state index contributed by atoms with van der Waals surface area (Å²) in [4.78, 5) is 7.34. The van der Waals surface area contributed by atoms with Crippen LogP contribution in [0.1, 0.15) is 25.7 Å². The molecule has 0 amide bonds. The molecule has 0 radical (unpaired) electrons. The predicted octanol–water partition coefficient (Wildman–Crippen LogP) is 2.63. The molecular weight excluding hydrogens is 347 g/mol. The molecular formula is C17H26Cl2N4O. The molecule has 24 heavy (non-hydrogen) atoms. The number of nitrogens with zero attached hydrogens (tertiary/aromatic N) is 3. The van der Waals surface area contributed by atoms with Gasteiger partial charge in [0.2, 0.25) is 0 Å². The number of morpholine rings is 1. The summed E-state index contributed by atoms with van der Waals surface area (Å²) in [5.74, 6) is 1.16. The molecule has 2 aromatic rings. The highest BCUT2D eigenvalue weighted by atomic mass is 35.5. The number of benzene rings is 1. The zero-order chi connectivity index (χ0) is 15.1. The third-order valence-corrected chi connectivity index (χ3v) is 4.73. The van der Waals surface area contributed by atoms with Crippen molar-refractivity contribution < 1.29 is 4.74 Å². The van der Waals surface area contributed by atoms with E-state index in [-0.39, 0.29) is 24.8 Å². The Labute approximate surface area is 155 Å². The molecule has 0 saturated carbocycles. The summed E-state index contributed by atoms with van der Waals surface area (Å²) in [6, 6.07) is 9.32. The first kappa shape index (κ1) is 19.5. The lowest BCUT2D eigenvalue weighted by Gasteiger charge is -2.25. The SMILES string of the molecule is CC(C)n1c(CN2C[C@@H]3NCCO[C@H]3C2)nc2ccccc21.Cl.Cl. The molecule has 1 aromatic heterocycles. The number of hydrogen-bond donors (Lipinski definition) is 1. The van der Waals surface area contributed by atoms with E-state index in [1.807, 2.05) is 0 Å². The minimum Gasteiger partial charge on any atom is -0.374 e. The number of likely N-dealkylation sites (tertiary alicyclic amines) is 1. The van der Waals surface area contributed by atoms with Crippen molar-refractivity contribution in [3.05, 3.63) is 30.1 Å². The molecule has 3 heterocycles. The summed E-state index contributed by atoms with van der Waals surface area (Å²) in [7, 11) is 0. The van der Waals surface area contributed by atoms with E-state index in [2.05, 4.69) is 52.9 Å². The molecule has 5 nitrogen and oxygen atoms in total. The Balaban J connectivity index is 0.00000104. The summed E-state index contributed by atoms with van der Waals surface area (Å²) >= 11 is 0. The quantitative estimate of drug-likeness (QED) is 0.898. The van der Waals surface area contributed by atoms with Crippen molar-refractivity contribution in [2.24, 2.45) is 0 Å². The predicted molar refractivity (Wildman–Crippen MR) is 101 cm³/mol. The van der Waals surface area contributed by atoms with Crippen molar-refractivity contribution in [3.8, 4) is 0 Å². The Kier molecular flexibility index (Phi) is 6.51. The Morgan fingerprint density at radius 3 is 2.79 bits per heavy atom. The third-order valence-electron chi connectivity index (χ3n) is 4.73. The standard InChI is InChI=1S/C17H24N4O.2ClH/c1-12(2)21-15-6-4-3-5-13(15)19-17(21)11-20-9-14-16(10-20)22-8-7-18-14;;/h3-6,12,14,16,18H,7-11H2,1-2H3;2*1H/t14-,16-;;/m0../s1. The Morgan fingerprint density at radius 2 is 2.04 bits per heavy atom. The van der Waals surface area contributed by atoms with Crippen LogP contribution < -0.4 is 5.32 Å². The van der Waals surface area contributed by atoms with Gasteiger partial charge in [-0.3, -0.25) is 4.90 Å². The van der Waals surface area contributed by atoms with E-state index in [0.717, 1.165) is 44.1 Å². The van der Waals surface area contributed by atoms with Crippen LogP contribution in [0.3, 0.4) is 0 Å². The molecule has 2 fully saturated rings. The molecule has 1 aromatic carbocycles. The lowest BCUT2D eigenvalue weighted by atomic mass is 10.2. The second-order valence-electron chi connectivity index (χ2n) is 6.64. The van der Waals surface area contributed by atoms with Crippen LogP contribution in [0, 0.1) is 0 Å². The van der Waals surface area contributed by atoms with E-state index in [1.165, 1.54) is 5.52 Å².